The standard InChI is InChI=1S/C58H38N2O/c1-4-14-40(15-5-1)48-34-30-46(37-54(48)41-16-6-2-7-17-41)59(47-31-35-52-51-22-12-13-23-56(51)61-57(52)38-47)45-28-24-39(25-29-45)43-27-32-50-53-33-26-42-18-10-11-21-49(42)58(53)60(55(50)36-43)44-19-8-3-9-20-44/h1-38H. The Labute approximate surface area is 353 Å². The van der Waals surface area contributed by atoms with Gasteiger partial charge in [0.15, 0.2) is 0 Å². The Bertz CT molecular complexity index is 3570. The van der Waals surface area contributed by atoms with Crippen LogP contribution in [0.2, 0.25) is 0 Å². The molecule has 0 aliphatic carbocycles. The number of benzene rings is 10. The van der Waals surface area contributed by atoms with Gasteiger partial charge in [0.2, 0.25) is 0 Å². The van der Waals surface area contributed by atoms with Crippen molar-refractivity contribution < 1.29 is 4.42 Å². The molecular formula is C58H38N2O. The fourth-order valence-electron chi connectivity index (χ4n) is 9.30. The van der Waals surface area contributed by atoms with Crippen LogP contribution in [0.3, 0.4) is 0 Å². The third-order valence-electron chi connectivity index (χ3n) is 12.2. The van der Waals surface area contributed by atoms with Crippen molar-refractivity contribution in [2.75, 3.05) is 4.90 Å². The fourth-order valence-corrected chi connectivity index (χ4v) is 9.30. The van der Waals surface area contributed by atoms with Crippen molar-refractivity contribution in [3.8, 4) is 39.1 Å². The minimum Gasteiger partial charge on any atom is -0.456 e. The molecule has 0 radical (unpaired) electrons. The molecule has 3 heteroatoms. The van der Waals surface area contributed by atoms with Crippen LogP contribution in [0.4, 0.5) is 17.1 Å². The molecule has 12 aromatic rings. The summed E-state index contributed by atoms with van der Waals surface area (Å²) >= 11 is 0. The van der Waals surface area contributed by atoms with E-state index in [0.717, 1.165) is 55.8 Å². The van der Waals surface area contributed by atoms with E-state index < -0.39 is 0 Å². The van der Waals surface area contributed by atoms with Crippen LogP contribution in [0.1, 0.15) is 0 Å². The highest BCUT2D eigenvalue weighted by atomic mass is 16.3. The van der Waals surface area contributed by atoms with E-state index in [9.17, 15) is 0 Å². The zero-order valence-corrected chi connectivity index (χ0v) is 33.2. The molecule has 10 aromatic carbocycles. The summed E-state index contributed by atoms with van der Waals surface area (Å²) in [4.78, 5) is 2.35. The number of para-hydroxylation sites is 2. The number of rotatable bonds is 7. The third kappa shape index (κ3) is 5.90. The molecule has 61 heavy (non-hydrogen) atoms. The molecule has 0 N–H and O–H groups in total. The lowest BCUT2D eigenvalue weighted by atomic mass is 9.93. The lowest BCUT2D eigenvalue weighted by molar-refractivity contribution is 0.669. The van der Waals surface area contributed by atoms with E-state index in [-0.39, 0.29) is 0 Å². The van der Waals surface area contributed by atoms with Gasteiger partial charge in [-0.25, -0.2) is 0 Å². The van der Waals surface area contributed by atoms with Crippen LogP contribution >= 0.6 is 0 Å². The van der Waals surface area contributed by atoms with Crippen molar-refractivity contribution in [1.82, 2.24) is 4.57 Å². The summed E-state index contributed by atoms with van der Waals surface area (Å²) < 4.78 is 8.89. The second kappa shape index (κ2) is 14.3. The normalized spacial score (nSPS) is 11.6. The van der Waals surface area contributed by atoms with Gasteiger partial charge in [0.25, 0.3) is 0 Å². The first-order valence-electron chi connectivity index (χ1n) is 20.8. The molecule has 0 saturated heterocycles. The highest BCUT2D eigenvalue weighted by Gasteiger charge is 2.20. The van der Waals surface area contributed by atoms with E-state index in [2.05, 4.69) is 228 Å². The maximum absolute atomic E-state index is 6.46. The number of hydrogen-bond donors (Lipinski definition) is 0. The van der Waals surface area contributed by atoms with Crippen LogP contribution in [0.5, 0.6) is 0 Å². The van der Waals surface area contributed by atoms with E-state index in [0.29, 0.717) is 0 Å². The summed E-state index contributed by atoms with van der Waals surface area (Å²) in [5, 5.41) is 7.21. The van der Waals surface area contributed by atoms with Gasteiger partial charge in [-0.2, -0.15) is 0 Å². The summed E-state index contributed by atoms with van der Waals surface area (Å²) in [6.45, 7) is 0. The largest absolute Gasteiger partial charge is 0.456 e. The number of nitrogens with zero attached hydrogens (tertiary/aromatic N) is 2. The molecule has 0 fully saturated rings. The first kappa shape index (κ1) is 34.9. The molecule has 2 heterocycles. The maximum atomic E-state index is 6.46. The van der Waals surface area contributed by atoms with Gasteiger partial charge in [-0.15, -0.1) is 0 Å². The van der Waals surface area contributed by atoms with Crippen LogP contribution in [0.25, 0.3) is 93.6 Å². The van der Waals surface area contributed by atoms with Crippen LogP contribution in [0, 0.1) is 0 Å². The lowest BCUT2D eigenvalue weighted by Crippen LogP contribution is -2.10. The van der Waals surface area contributed by atoms with E-state index in [1.165, 1.54) is 54.8 Å². The van der Waals surface area contributed by atoms with E-state index in [4.69, 9.17) is 4.42 Å². The van der Waals surface area contributed by atoms with Crippen LogP contribution in [-0.2, 0) is 0 Å². The number of furan rings is 1. The molecule has 0 saturated carbocycles. The molecule has 0 aliphatic heterocycles. The van der Waals surface area contributed by atoms with Gasteiger partial charge >= 0.3 is 0 Å². The quantitative estimate of drug-likeness (QED) is 0.161. The van der Waals surface area contributed by atoms with Gasteiger partial charge in [0.05, 0.1) is 11.0 Å². The van der Waals surface area contributed by atoms with Gasteiger partial charge in [0.1, 0.15) is 11.2 Å². The smallest absolute Gasteiger partial charge is 0.137 e. The van der Waals surface area contributed by atoms with Crippen molar-refractivity contribution in [2.24, 2.45) is 0 Å². The molecule has 0 atom stereocenters. The SMILES string of the molecule is c1ccc(-c2ccc(N(c3ccc(-c4ccc5c6ccc7ccccc7c6n(-c6ccccc6)c5c4)cc3)c3ccc4c(c3)oc3ccccc34)cc2-c2ccccc2)cc1. The average Bonchev–Trinajstić information content (AvgIpc) is 3.88. The van der Waals surface area contributed by atoms with E-state index in [1.807, 2.05) is 12.1 Å². The second-order valence-corrected chi connectivity index (χ2v) is 15.7. The zero-order chi connectivity index (χ0) is 40.3. The summed E-state index contributed by atoms with van der Waals surface area (Å²) in [6.07, 6.45) is 0. The van der Waals surface area contributed by atoms with Crippen molar-refractivity contribution in [2.45, 2.75) is 0 Å². The predicted molar refractivity (Wildman–Crippen MR) is 257 cm³/mol. The highest BCUT2D eigenvalue weighted by molar-refractivity contribution is 6.19. The van der Waals surface area contributed by atoms with Crippen molar-refractivity contribution >= 4 is 71.6 Å². The van der Waals surface area contributed by atoms with Gasteiger partial charge in [-0.05, 0) is 99.4 Å². The Morgan fingerprint density at radius 2 is 0.902 bits per heavy atom. The van der Waals surface area contributed by atoms with Crippen LogP contribution in [-0.4, -0.2) is 4.57 Å². The predicted octanol–water partition coefficient (Wildman–Crippen LogP) is 16.3. The monoisotopic (exact) mass is 778 g/mol. The molecule has 0 amide bonds. The molecule has 0 unspecified atom stereocenters. The number of aromatic nitrogens is 1. The average molecular weight is 779 g/mol. The Kier molecular flexibility index (Phi) is 8.17. The minimum absolute atomic E-state index is 0.861. The zero-order valence-electron chi connectivity index (χ0n) is 33.2. The van der Waals surface area contributed by atoms with Gasteiger partial charge in [-0.1, -0.05) is 164 Å². The molecule has 12 rings (SSSR count). The Morgan fingerprint density at radius 1 is 0.328 bits per heavy atom. The molecule has 286 valence electrons. The lowest BCUT2D eigenvalue weighted by Gasteiger charge is -2.27. The molecule has 0 bridgehead atoms. The highest BCUT2D eigenvalue weighted by Crippen LogP contribution is 2.44. The Hall–Kier alpha value is -8.14. The second-order valence-electron chi connectivity index (χ2n) is 15.7. The van der Waals surface area contributed by atoms with Crippen LogP contribution < -0.4 is 4.90 Å². The van der Waals surface area contributed by atoms with Gasteiger partial charge in [0, 0.05) is 55.7 Å². The van der Waals surface area contributed by atoms with Gasteiger partial charge in [-0.3, -0.25) is 0 Å². The maximum Gasteiger partial charge on any atom is 0.137 e. The first-order chi connectivity index (χ1) is 30.2. The van der Waals surface area contributed by atoms with E-state index >= 15 is 0 Å². The van der Waals surface area contributed by atoms with Crippen LogP contribution in [0.15, 0.2) is 235 Å². The molecule has 2 aromatic heterocycles. The molecule has 3 nitrogen and oxygen atoms in total. The molecular weight excluding hydrogens is 741 g/mol. The van der Waals surface area contributed by atoms with E-state index in [1.54, 1.807) is 0 Å². The Balaban J connectivity index is 1.02. The molecule has 0 spiro atoms. The number of fused-ring (bicyclic) bond motifs is 8. The fraction of sp³-hybridized carbons (Fsp3) is 0. The Morgan fingerprint density at radius 3 is 1.69 bits per heavy atom. The number of hydrogen-bond acceptors (Lipinski definition) is 2. The van der Waals surface area contributed by atoms with Crippen molar-refractivity contribution in [1.29, 1.82) is 0 Å². The topological polar surface area (TPSA) is 21.3 Å². The molecule has 0 aliphatic rings. The first-order valence-corrected chi connectivity index (χ1v) is 20.8. The van der Waals surface area contributed by atoms with Crippen molar-refractivity contribution in [3.05, 3.63) is 231 Å². The summed E-state index contributed by atoms with van der Waals surface area (Å²) in [5.74, 6) is 0. The summed E-state index contributed by atoms with van der Waals surface area (Å²) in [7, 11) is 0. The summed E-state index contributed by atoms with van der Waals surface area (Å²) in [6, 6.07) is 82.9. The van der Waals surface area contributed by atoms with Gasteiger partial charge < -0.3 is 13.9 Å². The third-order valence-corrected chi connectivity index (χ3v) is 12.2. The number of anilines is 3. The van der Waals surface area contributed by atoms with Crippen molar-refractivity contribution in [3.63, 3.8) is 0 Å². The minimum atomic E-state index is 0.861. The summed E-state index contributed by atoms with van der Waals surface area (Å²) in [5.41, 5.74) is 15.5.